The minimum atomic E-state index is -0.568. The highest BCUT2D eigenvalue weighted by atomic mass is 19.1. The zero-order valence-corrected chi connectivity index (χ0v) is 10.4. The molecular weight excluding hydrogens is 247 g/mol. The van der Waals surface area contributed by atoms with Crippen LogP contribution in [-0.4, -0.2) is 17.9 Å². The number of hydrogen-bond acceptors (Lipinski definition) is 4. The molecular formula is C14H13FN2O2. The van der Waals surface area contributed by atoms with Crippen molar-refractivity contribution in [3.05, 3.63) is 59.2 Å². The summed E-state index contributed by atoms with van der Waals surface area (Å²) in [5, 5.41) is 0. The lowest BCUT2D eigenvalue weighted by molar-refractivity contribution is 0.103. The molecule has 0 aliphatic carbocycles. The van der Waals surface area contributed by atoms with E-state index in [1.165, 1.54) is 25.4 Å². The average molecular weight is 260 g/mol. The summed E-state index contributed by atoms with van der Waals surface area (Å²) in [6.07, 6.45) is 1.51. The van der Waals surface area contributed by atoms with Gasteiger partial charge in [-0.05, 0) is 30.3 Å². The van der Waals surface area contributed by atoms with Crippen LogP contribution in [0.5, 0.6) is 5.75 Å². The van der Waals surface area contributed by atoms with Crippen LogP contribution >= 0.6 is 0 Å². The first-order valence-corrected chi connectivity index (χ1v) is 5.69. The van der Waals surface area contributed by atoms with Crippen LogP contribution in [0.2, 0.25) is 0 Å². The molecule has 0 saturated heterocycles. The highest BCUT2D eigenvalue weighted by molar-refractivity contribution is 6.09. The molecule has 0 saturated carbocycles. The highest BCUT2D eigenvalue weighted by Crippen LogP contribution is 2.19. The Hall–Kier alpha value is -2.27. The molecule has 98 valence electrons. The summed E-state index contributed by atoms with van der Waals surface area (Å²) in [5.74, 6) is -0.742. The van der Waals surface area contributed by atoms with Crippen molar-refractivity contribution in [3.63, 3.8) is 0 Å². The molecule has 19 heavy (non-hydrogen) atoms. The van der Waals surface area contributed by atoms with E-state index in [1.54, 1.807) is 12.1 Å². The van der Waals surface area contributed by atoms with Crippen molar-refractivity contribution in [1.29, 1.82) is 0 Å². The molecule has 0 fully saturated rings. The predicted molar refractivity (Wildman–Crippen MR) is 68.5 cm³/mol. The largest absolute Gasteiger partial charge is 0.494 e. The number of hydrogen-bond donors (Lipinski definition) is 1. The van der Waals surface area contributed by atoms with E-state index in [0.29, 0.717) is 11.3 Å². The van der Waals surface area contributed by atoms with Gasteiger partial charge in [-0.3, -0.25) is 9.78 Å². The van der Waals surface area contributed by atoms with Gasteiger partial charge in [0.1, 0.15) is 0 Å². The molecule has 4 nitrogen and oxygen atoms in total. The van der Waals surface area contributed by atoms with Crippen LogP contribution in [-0.2, 0) is 6.54 Å². The van der Waals surface area contributed by atoms with Gasteiger partial charge in [0.25, 0.3) is 0 Å². The maximum Gasteiger partial charge on any atom is 0.193 e. The number of pyridine rings is 1. The fourth-order valence-corrected chi connectivity index (χ4v) is 1.71. The van der Waals surface area contributed by atoms with Crippen LogP contribution < -0.4 is 10.5 Å². The van der Waals surface area contributed by atoms with E-state index in [4.69, 9.17) is 10.5 Å². The van der Waals surface area contributed by atoms with Gasteiger partial charge in [-0.25, -0.2) is 4.39 Å². The van der Waals surface area contributed by atoms with Crippen molar-refractivity contribution in [2.24, 2.45) is 5.73 Å². The molecule has 2 aromatic rings. The summed E-state index contributed by atoms with van der Waals surface area (Å²) in [7, 11) is 1.37. The molecule has 1 heterocycles. The van der Waals surface area contributed by atoms with Crippen molar-refractivity contribution in [2.45, 2.75) is 6.54 Å². The van der Waals surface area contributed by atoms with Crippen molar-refractivity contribution in [2.75, 3.05) is 7.11 Å². The van der Waals surface area contributed by atoms with Crippen LogP contribution in [0.1, 0.15) is 21.6 Å². The van der Waals surface area contributed by atoms with E-state index in [2.05, 4.69) is 4.98 Å². The van der Waals surface area contributed by atoms with E-state index in [-0.39, 0.29) is 23.6 Å². The topological polar surface area (TPSA) is 65.2 Å². The quantitative estimate of drug-likeness (QED) is 0.853. The Balaban J connectivity index is 2.35. The summed E-state index contributed by atoms with van der Waals surface area (Å²) < 4.78 is 18.4. The van der Waals surface area contributed by atoms with Crippen LogP contribution in [0.3, 0.4) is 0 Å². The van der Waals surface area contributed by atoms with Crippen LogP contribution in [0, 0.1) is 5.82 Å². The van der Waals surface area contributed by atoms with E-state index >= 15 is 0 Å². The van der Waals surface area contributed by atoms with Crippen molar-refractivity contribution < 1.29 is 13.9 Å². The number of ether oxygens (including phenoxy) is 1. The molecule has 0 radical (unpaired) electrons. The Morgan fingerprint density at radius 1 is 1.32 bits per heavy atom. The van der Waals surface area contributed by atoms with Gasteiger partial charge in [0.15, 0.2) is 17.3 Å². The summed E-state index contributed by atoms with van der Waals surface area (Å²) in [4.78, 5) is 16.2. The van der Waals surface area contributed by atoms with E-state index in [1.807, 2.05) is 0 Å². The lowest BCUT2D eigenvalue weighted by atomic mass is 10.0. The molecule has 0 atom stereocenters. The number of nitrogens with two attached hydrogens (primary N) is 1. The predicted octanol–water partition coefficient (Wildman–Crippen LogP) is 1.92. The van der Waals surface area contributed by atoms with Crippen molar-refractivity contribution in [3.8, 4) is 5.75 Å². The zero-order chi connectivity index (χ0) is 13.8. The lowest BCUT2D eigenvalue weighted by Gasteiger charge is -2.05. The summed E-state index contributed by atoms with van der Waals surface area (Å²) in [5.41, 5.74) is 6.77. The zero-order valence-electron chi connectivity index (χ0n) is 10.4. The number of nitrogens with zero attached hydrogens (tertiary/aromatic N) is 1. The Labute approximate surface area is 110 Å². The number of ketones is 1. The van der Waals surface area contributed by atoms with E-state index < -0.39 is 5.82 Å². The lowest BCUT2D eigenvalue weighted by Crippen LogP contribution is -2.06. The SMILES string of the molecule is COc1ccc(C(=O)c2ccnc(CN)c2)cc1F. The molecule has 0 unspecified atom stereocenters. The van der Waals surface area contributed by atoms with Gasteiger partial charge in [0, 0.05) is 23.9 Å². The maximum absolute atomic E-state index is 13.6. The van der Waals surface area contributed by atoms with Crippen molar-refractivity contribution >= 4 is 5.78 Å². The second-order valence-electron chi connectivity index (χ2n) is 3.92. The standard InChI is InChI=1S/C14H13FN2O2/c1-19-13-3-2-9(7-12(13)15)14(18)10-4-5-17-11(6-10)8-16/h2-7H,8,16H2,1H3. The third-order valence-corrected chi connectivity index (χ3v) is 2.70. The first-order chi connectivity index (χ1) is 9.15. The average Bonchev–Trinajstić information content (AvgIpc) is 2.46. The molecule has 0 aliphatic rings. The van der Waals surface area contributed by atoms with Gasteiger partial charge in [-0.2, -0.15) is 0 Å². The highest BCUT2D eigenvalue weighted by Gasteiger charge is 2.12. The first-order valence-electron chi connectivity index (χ1n) is 5.69. The van der Waals surface area contributed by atoms with Crippen molar-refractivity contribution in [1.82, 2.24) is 4.98 Å². The second-order valence-corrected chi connectivity index (χ2v) is 3.92. The number of benzene rings is 1. The third-order valence-electron chi connectivity index (χ3n) is 2.70. The fraction of sp³-hybridized carbons (Fsp3) is 0.143. The summed E-state index contributed by atoms with van der Waals surface area (Å²) in [6, 6.07) is 7.28. The Bertz CT molecular complexity index is 614. The molecule has 0 spiro atoms. The van der Waals surface area contributed by atoms with Gasteiger partial charge in [-0.15, -0.1) is 0 Å². The van der Waals surface area contributed by atoms with Crippen LogP contribution in [0.25, 0.3) is 0 Å². The smallest absolute Gasteiger partial charge is 0.193 e. The van der Waals surface area contributed by atoms with Gasteiger partial charge in [0.2, 0.25) is 0 Å². The molecule has 1 aromatic carbocycles. The normalized spacial score (nSPS) is 10.3. The van der Waals surface area contributed by atoms with Crippen LogP contribution in [0.4, 0.5) is 4.39 Å². The van der Waals surface area contributed by atoms with Gasteiger partial charge in [-0.1, -0.05) is 0 Å². The van der Waals surface area contributed by atoms with Gasteiger partial charge >= 0.3 is 0 Å². The monoisotopic (exact) mass is 260 g/mol. The number of carbonyl (C=O) groups is 1. The number of aromatic nitrogens is 1. The molecule has 1 aromatic heterocycles. The fourth-order valence-electron chi connectivity index (χ4n) is 1.71. The molecule has 0 bridgehead atoms. The Morgan fingerprint density at radius 3 is 2.68 bits per heavy atom. The number of rotatable bonds is 4. The van der Waals surface area contributed by atoms with Gasteiger partial charge in [0.05, 0.1) is 12.8 Å². The summed E-state index contributed by atoms with van der Waals surface area (Å²) in [6.45, 7) is 0.248. The molecule has 2 rings (SSSR count). The molecule has 2 N–H and O–H groups in total. The number of methoxy groups -OCH3 is 1. The molecule has 0 aliphatic heterocycles. The maximum atomic E-state index is 13.6. The van der Waals surface area contributed by atoms with Crippen LogP contribution in [0.15, 0.2) is 36.5 Å². The number of halogens is 1. The van der Waals surface area contributed by atoms with E-state index in [9.17, 15) is 9.18 Å². The molecule has 0 amide bonds. The Morgan fingerprint density at radius 2 is 2.05 bits per heavy atom. The van der Waals surface area contributed by atoms with Gasteiger partial charge < -0.3 is 10.5 Å². The minimum absolute atomic E-state index is 0.105. The third kappa shape index (κ3) is 2.77. The minimum Gasteiger partial charge on any atom is -0.494 e. The molecule has 5 heteroatoms. The summed E-state index contributed by atoms with van der Waals surface area (Å²) >= 11 is 0. The number of carbonyl (C=O) groups excluding carboxylic acids is 1. The van der Waals surface area contributed by atoms with E-state index in [0.717, 1.165) is 6.07 Å². The first kappa shape index (κ1) is 13.2. The second kappa shape index (κ2) is 5.58. The Kier molecular flexibility index (Phi) is 3.87.